The Morgan fingerprint density at radius 2 is 2.00 bits per heavy atom. The Bertz CT molecular complexity index is 635. The number of carboxylic acid groups (broad SMARTS) is 1. The van der Waals surface area contributed by atoms with Crippen LogP contribution in [0.1, 0.15) is 32.2 Å². The van der Waals surface area contributed by atoms with Crippen LogP contribution >= 0.6 is 11.3 Å². The summed E-state index contributed by atoms with van der Waals surface area (Å²) in [5.74, 6) is -0.970. The van der Waals surface area contributed by atoms with E-state index < -0.39 is 5.97 Å². The number of thiazole rings is 1. The quantitative estimate of drug-likeness (QED) is 0.859. The fourth-order valence-electron chi connectivity index (χ4n) is 1.83. The number of hydrogen-bond donors (Lipinski definition) is 2. The molecule has 0 bridgehead atoms. The van der Waals surface area contributed by atoms with E-state index in [9.17, 15) is 9.59 Å². The zero-order valence-corrected chi connectivity index (χ0v) is 12.4. The van der Waals surface area contributed by atoms with Crippen LogP contribution in [0.4, 0.5) is 0 Å². The monoisotopic (exact) mass is 304 g/mol. The summed E-state index contributed by atoms with van der Waals surface area (Å²) in [7, 11) is 0. The van der Waals surface area contributed by atoms with Gasteiger partial charge in [0.05, 0.1) is 17.1 Å². The predicted octanol–water partition coefficient (Wildman–Crippen LogP) is 2.40. The third kappa shape index (κ3) is 4.68. The molecular weight excluding hydrogens is 288 g/mol. The van der Waals surface area contributed by atoms with Crippen LogP contribution in [-0.4, -0.2) is 22.0 Å². The SMILES string of the molecule is Cc1ncc(CNC(=O)CCc2ccc(C(=O)O)cc2)s1. The summed E-state index contributed by atoms with van der Waals surface area (Å²) in [5.41, 5.74) is 1.20. The summed E-state index contributed by atoms with van der Waals surface area (Å²) in [5, 5.41) is 12.6. The van der Waals surface area contributed by atoms with E-state index in [2.05, 4.69) is 10.3 Å². The Labute approximate surface area is 126 Å². The molecule has 0 fully saturated rings. The Hall–Kier alpha value is -2.21. The number of carbonyl (C=O) groups is 2. The number of rotatable bonds is 6. The Balaban J connectivity index is 1.77. The number of amides is 1. The van der Waals surface area contributed by atoms with Crippen LogP contribution in [-0.2, 0) is 17.8 Å². The van der Waals surface area contributed by atoms with Gasteiger partial charge in [0.25, 0.3) is 0 Å². The van der Waals surface area contributed by atoms with E-state index in [0.717, 1.165) is 15.4 Å². The van der Waals surface area contributed by atoms with Gasteiger partial charge >= 0.3 is 5.97 Å². The van der Waals surface area contributed by atoms with Gasteiger partial charge in [0.15, 0.2) is 0 Å². The summed E-state index contributed by atoms with van der Waals surface area (Å²) < 4.78 is 0. The highest BCUT2D eigenvalue weighted by Gasteiger charge is 2.05. The zero-order valence-electron chi connectivity index (χ0n) is 11.6. The number of nitrogens with zero attached hydrogens (tertiary/aromatic N) is 1. The minimum atomic E-state index is -0.945. The largest absolute Gasteiger partial charge is 0.478 e. The maximum Gasteiger partial charge on any atom is 0.335 e. The fraction of sp³-hybridized carbons (Fsp3) is 0.267. The average Bonchev–Trinajstić information content (AvgIpc) is 2.89. The van der Waals surface area contributed by atoms with Gasteiger partial charge in [-0.2, -0.15) is 0 Å². The standard InChI is InChI=1S/C15H16N2O3S/c1-10-16-8-13(21-10)9-17-14(18)7-4-11-2-5-12(6-3-11)15(19)20/h2-3,5-6,8H,4,7,9H2,1H3,(H,17,18)(H,19,20). The van der Waals surface area contributed by atoms with Crippen molar-refractivity contribution in [1.82, 2.24) is 10.3 Å². The molecule has 5 nitrogen and oxygen atoms in total. The van der Waals surface area contributed by atoms with Crippen LogP contribution in [0.3, 0.4) is 0 Å². The van der Waals surface area contributed by atoms with E-state index in [4.69, 9.17) is 5.11 Å². The van der Waals surface area contributed by atoms with Gasteiger partial charge in [-0.1, -0.05) is 12.1 Å². The van der Waals surface area contributed by atoms with Gasteiger partial charge in [0.2, 0.25) is 5.91 Å². The van der Waals surface area contributed by atoms with Crippen molar-refractivity contribution in [3.05, 3.63) is 51.5 Å². The van der Waals surface area contributed by atoms with E-state index in [1.54, 1.807) is 41.8 Å². The van der Waals surface area contributed by atoms with Crippen molar-refractivity contribution in [1.29, 1.82) is 0 Å². The molecule has 110 valence electrons. The third-order valence-corrected chi connectivity index (χ3v) is 3.88. The molecule has 0 saturated heterocycles. The van der Waals surface area contributed by atoms with Gasteiger partial charge < -0.3 is 10.4 Å². The number of benzene rings is 1. The number of aromatic nitrogens is 1. The second-order valence-corrected chi connectivity index (χ2v) is 5.94. The van der Waals surface area contributed by atoms with Gasteiger partial charge in [-0.05, 0) is 31.0 Å². The van der Waals surface area contributed by atoms with E-state index in [-0.39, 0.29) is 11.5 Å². The Kier molecular flexibility index (Phi) is 5.05. The average molecular weight is 304 g/mol. The van der Waals surface area contributed by atoms with Gasteiger partial charge in [-0.3, -0.25) is 4.79 Å². The summed E-state index contributed by atoms with van der Waals surface area (Å²) in [4.78, 5) is 27.6. The van der Waals surface area contributed by atoms with Gasteiger partial charge in [-0.15, -0.1) is 11.3 Å². The minimum Gasteiger partial charge on any atom is -0.478 e. The number of carbonyl (C=O) groups excluding carboxylic acids is 1. The normalized spacial score (nSPS) is 10.3. The Morgan fingerprint density at radius 3 is 2.57 bits per heavy atom. The van der Waals surface area contributed by atoms with Crippen LogP contribution in [0.15, 0.2) is 30.5 Å². The molecule has 0 atom stereocenters. The summed E-state index contributed by atoms with van der Waals surface area (Å²) >= 11 is 1.57. The maximum absolute atomic E-state index is 11.8. The number of aromatic carboxylic acids is 1. The molecule has 1 aromatic heterocycles. The highest BCUT2D eigenvalue weighted by molar-refractivity contribution is 7.11. The summed E-state index contributed by atoms with van der Waals surface area (Å²) in [6.07, 6.45) is 2.74. The van der Waals surface area contributed by atoms with Crippen LogP contribution < -0.4 is 5.32 Å². The molecule has 1 aromatic carbocycles. The summed E-state index contributed by atoms with van der Waals surface area (Å²) in [6, 6.07) is 6.58. The van der Waals surface area contributed by atoms with Crippen molar-refractivity contribution in [2.24, 2.45) is 0 Å². The molecule has 0 aliphatic heterocycles. The van der Waals surface area contributed by atoms with Crippen LogP contribution in [0, 0.1) is 6.92 Å². The fourth-order valence-corrected chi connectivity index (χ4v) is 2.57. The van der Waals surface area contributed by atoms with Crippen LogP contribution in [0.25, 0.3) is 0 Å². The van der Waals surface area contributed by atoms with Crippen molar-refractivity contribution in [2.75, 3.05) is 0 Å². The van der Waals surface area contributed by atoms with Crippen molar-refractivity contribution in [3.8, 4) is 0 Å². The first kappa shape index (κ1) is 15.2. The lowest BCUT2D eigenvalue weighted by atomic mass is 10.1. The van der Waals surface area contributed by atoms with E-state index in [0.29, 0.717) is 19.4 Å². The molecule has 0 unspecified atom stereocenters. The van der Waals surface area contributed by atoms with E-state index in [1.807, 2.05) is 6.92 Å². The third-order valence-electron chi connectivity index (χ3n) is 2.97. The second kappa shape index (κ2) is 6.99. The smallest absolute Gasteiger partial charge is 0.335 e. The first-order valence-corrected chi connectivity index (χ1v) is 7.36. The molecule has 0 spiro atoms. The zero-order chi connectivity index (χ0) is 15.2. The van der Waals surface area contributed by atoms with Crippen LogP contribution in [0.5, 0.6) is 0 Å². The van der Waals surface area contributed by atoms with E-state index >= 15 is 0 Å². The minimum absolute atomic E-state index is 0.0247. The highest BCUT2D eigenvalue weighted by Crippen LogP contribution is 2.11. The lowest BCUT2D eigenvalue weighted by Crippen LogP contribution is -2.22. The lowest BCUT2D eigenvalue weighted by molar-refractivity contribution is -0.121. The number of carboxylic acids is 1. The van der Waals surface area contributed by atoms with Crippen LogP contribution in [0.2, 0.25) is 0 Å². The molecule has 1 heterocycles. The van der Waals surface area contributed by atoms with Gasteiger partial charge in [0, 0.05) is 17.5 Å². The number of aryl methyl sites for hydroxylation is 2. The molecular formula is C15H16N2O3S. The molecule has 2 aromatic rings. The first-order valence-electron chi connectivity index (χ1n) is 6.55. The van der Waals surface area contributed by atoms with Gasteiger partial charge in [0.1, 0.15) is 0 Å². The molecule has 2 N–H and O–H groups in total. The molecule has 2 rings (SSSR count). The summed E-state index contributed by atoms with van der Waals surface area (Å²) in [6.45, 7) is 2.43. The molecule has 0 aliphatic carbocycles. The molecule has 6 heteroatoms. The van der Waals surface area contributed by atoms with Gasteiger partial charge in [-0.25, -0.2) is 9.78 Å². The second-order valence-electron chi connectivity index (χ2n) is 4.62. The molecule has 1 amide bonds. The Morgan fingerprint density at radius 1 is 1.29 bits per heavy atom. The van der Waals surface area contributed by atoms with Crippen molar-refractivity contribution >= 4 is 23.2 Å². The molecule has 21 heavy (non-hydrogen) atoms. The van der Waals surface area contributed by atoms with E-state index in [1.165, 1.54) is 0 Å². The molecule has 0 radical (unpaired) electrons. The van der Waals surface area contributed by atoms with Crippen molar-refractivity contribution < 1.29 is 14.7 Å². The molecule has 0 aliphatic rings. The highest BCUT2D eigenvalue weighted by atomic mass is 32.1. The molecule has 0 saturated carbocycles. The predicted molar refractivity (Wildman–Crippen MR) is 80.4 cm³/mol. The first-order chi connectivity index (χ1) is 10.0. The number of nitrogens with one attached hydrogen (secondary N) is 1. The van der Waals surface area contributed by atoms with Crippen molar-refractivity contribution in [3.63, 3.8) is 0 Å². The lowest BCUT2D eigenvalue weighted by Gasteiger charge is -2.04. The topological polar surface area (TPSA) is 79.3 Å². The van der Waals surface area contributed by atoms with Crippen molar-refractivity contribution in [2.45, 2.75) is 26.3 Å². The maximum atomic E-state index is 11.8. The number of hydrogen-bond acceptors (Lipinski definition) is 4.